The third-order valence-corrected chi connectivity index (χ3v) is 7.00. The Labute approximate surface area is 199 Å². The maximum Gasteiger partial charge on any atom is 0.0544 e. The predicted octanol–water partition coefficient (Wildman–Crippen LogP) is 8.55. The Kier molecular flexibility index (Phi) is 4.28. The Morgan fingerprint density at radius 3 is 2.03 bits per heavy atom. The molecule has 0 atom stereocenters. The van der Waals surface area contributed by atoms with E-state index >= 15 is 0 Å². The van der Waals surface area contributed by atoms with Crippen LogP contribution < -0.4 is 0 Å². The summed E-state index contributed by atoms with van der Waals surface area (Å²) in [4.78, 5) is 0. The number of nitrogens with zero attached hydrogens (tertiary/aromatic N) is 1. The summed E-state index contributed by atoms with van der Waals surface area (Å²) in [6.45, 7) is 0. The van der Waals surface area contributed by atoms with Crippen molar-refractivity contribution in [3.05, 3.63) is 138 Å². The first-order valence-corrected chi connectivity index (χ1v) is 11.8. The van der Waals surface area contributed by atoms with Crippen molar-refractivity contribution in [1.29, 1.82) is 0 Å². The number of allylic oxidation sites excluding steroid dienone is 1. The van der Waals surface area contributed by atoms with E-state index in [1.54, 1.807) is 0 Å². The quantitative estimate of drug-likeness (QED) is 0.258. The lowest BCUT2D eigenvalue weighted by atomic mass is 9.81. The van der Waals surface area contributed by atoms with Crippen LogP contribution in [0, 0.1) is 0 Å². The smallest absolute Gasteiger partial charge is 0.0544 e. The lowest BCUT2D eigenvalue weighted by Crippen LogP contribution is -2.04. The molecule has 1 heterocycles. The summed E-state index contributed by atoms with van der Waals surface area (Å²) >= 11 is 0. The molecule has 1 nitrogen and oxygen atoms in total. The Hall–Kier alpha value is -4.36. The second kappa shape index (κ2) is 7.60. The van der Waals surface area contributed by atoms with E-state index in [0.717, 1.165) is 6.42 Å². The molecule has 0 saturated heterocycles. The van der Waals surface area contributed by atoms with Crippen LogP contribution in [0.5, 0.6) is 0 Å². The van der Waals surface area contributed by atoms with Gasteiger partial charge in [0, 0.05) is 16.5 Å². The third-order valence-electron chi connectivity index (χ3n) is 7.00. The summed E-state index contributed by atoms with van der Waals surface area (Å²) in [6.07, 6.45) is 3.27. The van der Waals surface area contributed by atoms with Crippen molar-refractivity contribution in [3.8, 4) is 16.8 Å². The van der Waals surface area contributed by atoms with Crippen LogP contribution in [0.1, 0.15) is 16.7 Å². The monoisotopic (exact) mass is 433 g/mol. The van der Waals surface area contributed by atoms with Gasteiger partial charge < -0.3 is 4.57 Å². The van der Waals surface area contributed by atoms with Crippen LogP contribution in [-0.4, -0.2) is 4.57 Å². The number of hydrogen-bond donors (Lipinski definition) is 0. The highest BCUT2D eigenvalue weighted by Crippen LogP contribution is 2.44. The van der Waals surface area contributed by atoms with Crippen molar-refractivity contribution in [2.45, 2.75) is 6.42 Å². The van der Waals surface area contributed by atoms with E-state index in [2.05, 4.69) is 132 Å². The molecule has 0 unspecified atom stereocenters. The molecule has 0 bridgehead atoms. The average molecular weight is 434 g/mol. The van der Waals surface area contributed by atoms with E-state index in [4.69, 9.17) is 0 Å². The second-order valence-corrected chi connectivity index (χ2v) is 9.02. The van der Waals surface area contributed by atoms with Gasteiger partial charge in [0.1, 0.15) is 0 Å². The van der Waals surface area contributed by atoms with Gasteiger partial charge in [-0.05, 0) is 70.1 Å². The summed E-state index contributed by atoms with van der Waals surface area (Å²) in [5.74, 6) is 0. The van der Waals surface area contributed by atoms with Gasteiger partial charge in [0.25, 0.3) is 0 Å². The summed E-state index contributed by atoms with van der Waals surface area (Å²) in [5.41, 5.74) is 11.7. The van der Waals surface area contributed by atoms with Crippen LogP contribution >= 0.6 is 0 Å². The molecule has 0 radical (unpaired) electrons. The first-order valence-electron chi connectivity index (χ1n) is 11.8. The summed E-state index contributed by atoms with van der Waals surface area (Å²) in [6, 6.07) is 43.8. The number of hydrogen-bond acceptors (Lipinski definition) is 0. The van der Waals surface area contributed by atoms with E-state index in [9.17, 15) is 0 Å². The lowest BCUT2D eigenvalue weighted by molar-refractivity contribution is 1.17. The second-order valence-electron chi connectivity index (χ2n) is 9.02. The fraction of sp³-hybridized carbons (Fsp3) is 0.0303. The van der Waals surface area contributed by atoms with Gasteiger partial charge >= 0.3 is 0 Å². The SMILES string of the molecule is C(=C1\Cc2cc3c(cc2-c2ccccc21)c1ccccc1n3-c1ccccc1)/c1ccccc1. The van der Waals surface area contributed by atoms with Gasteiger partial charge in [-0.3, -0.25) is 0 Å². The maximum atomic E-state index is 2.42. The molecule has 0 saturated carbocycles. The van der Waals surface area contributed by atoms with E-state index < -0.39 is 0 Å². The fourth-order valence-corrected chi connectivity index (χ4v) is 5.49. The van der Waals surface area contributed by atoms with Crippen molar-refractivity contribution in [2.24, 2.45) is 0 Å². The van der Waals surface area contributed by atoms with Gasteiger partial charge in [-0.25, -0.2) is 0 Å². The van der Waals surface area contributed by atoms with E-state index in [1.807, 2.05) is 0 Å². The Morgan fingerprint density at radius 2 is 1.21 bits per heavy atom. The zero-order chi connectivity index (χ0) is 22.5. The maximum absolute atomic E-state index is 2.42. The van der Waals surface area contributed by atoms with Crippen molar-refractivity contribution < 1.29 is 0 Å². The van der Waals surface area contributed by atoms with Gasteiger partial charge in [-0.2, -0.15) is 0 Å². The molecule has 5 aromatic carbocycles. The highest BCUT2D eigenvalue weighted by molar-refractivity contribution is 6.12. The molecule has 1 aromatic heterocycles. The standard InChI is InChI=1S/C33H23N/c1-3-11-23(12-4-1)19-24-20-25-21-33-31(22-30(25)28-16-8-7-15-27(24)28)29-17-9-10-18-32(29)34(33)26-13-5-2-6-14-26/h1-19,21-22H,20H2/b24-19-. The van der Waals surface area contributed by atoms with Gasteiger partial charge in [-0.1, -0.05) is 97.1 Å². The molecule has 1 aliphatic carbocycles. The van der Waals surface area contributed by atoms with Gasteiger partial charge in [0.2, 0.25) is 0 Å². The predicted molar refractivity (Wildman–Crippen MR) is 144 cm³/mol. The van der Waals surface area contributed by atoms with Crippen LogP contribution in [0.2, 0.25) is 0 Å². The Bertz CT molecular complexity index is 1700. The molecular weight excluding hydrogens is 410 g/mol. The fourth-order valence-electron chi connectivity index (χ4n) is 5.49. The minimum atomic E-state index is 0.924. The largest absolute Gasteiger partial charge is 0.309 e. The molecule has 6 aromatic rings. The highest BCUT2D eigenvalue weighted by Gasteiger charge is 2.22. The van der Waals surface area contributed by atoms with E-state index in [0.29, 0.717) is 0 Å². The number of benzene rings is 5. The van der Waals surface area contributed by atoms with E-state index in [-0.39, 0.29) is 0 Å². The molecule has 0 N–H and O–H groups in total. The molecule has 0 fully saturated rings. The number of rotatable bonds is 2. The Morgan fingerprint density at radius 1 is 0.529 bits per heavy atom. The first-order chi connectivity index (χ1) is 16.9. The van der Waals surface area contributed by atoms with Gasteiger partial charge in [-0.15, -0.1) is 0 Å². The normalized spacial score (nSPS) is 13.8. The zero-order valence-electron chi connectivity index (χ0n) is 18.8. The minimum absolute atomic E-state index is 0.924. The van der Waals surface area contributed by atoms with Crippen LogP contribution in [0.4, 0.5) is 0 Å². The summed E-state index contributed by atoms with van der Waals surface area (Å²) in [7, 11) is 0. The molecule has 1 aliphatic rings. The molecule has 1 heteroatoms. The number of aromatic nitrogens is 1. The third kappa shape index (κ3) is 2.94. The topological polar surface area (TPSA) is 4.93 Å². The molecule has 7 rings (SSSR count). The average Bonchev–Trinajstić information content (AvgIpc) is 3.22. The molecule has 34 heavy (non-hydrogen) atoms. The lowest BCUT2D eigenvalue weighted by Gasteiger charge is -2.23. The van der Waals surface area contributed by atoms with Crippen LogP contribution in [0.3, 0.4) is 0 Å². The highest BCUT2D eigenvalue weighted by atomic mass is 15.0. The number of fused-ring (bicyclic) bond motifs is 6. The van der Waals surface area contributed by atoms with Gasteiger partial charge in [0.05, 0.1) is 11.0 Å². The van der Waals surface area contributed by atoms with Crippen LogP contribution in [-0.2, 0) is 6.42 Å². The van der Waals surface area contributed by atoms with Crippen LogP contribution in [0.25, 0.3) is 50.3 Å². The van der Waals surface area contributed by atoms with Crippen molar-refractivity contribution in [2.75, 3.05) is 0 Å². The van der Waals surface area contributed by atoms with Gasteiger partial charge in [0.15, 0.2) is 0 Å². The molecule has 0 amide bonds. The molecule has 160 valence electrons. The first kappa shape index (κ1) is 19.1. The van der Waals surface area contributed by atoms with Crippen molar-refractivity contribution in [1.82, 2.24) is 4.57 Å². The molecular formula is C33H23N. The zero-order valence-corrected chi connectivity index (χ0v) is 18.8. The van der Waals surface area contributed by atoms with E-state index in [1.165, 1.54) is 60.9 Å². The van der Waals surface area contributed by atoms with Crippen molar-refractivity contribution >= 4 is 33.5 Å². The summed E-state index contributed by atoms with van der Waals surface area (Å²) < 4.78 is 2.41. The summed E-state index contributed by atoms with van der Waals surface area (Å²) in [5, 5.41) is 2.61. The van der Waals surface area contributed by atoms with Crippen LogP contribution in [0.15, 0.2) is 121 Å². The Balaban J connectivity index is 1.53. The number of para-hydroxylation sites is 2. The molecule has 0 spiro atoms. The van der Waals surface area contributed by atoms with Crippen molar-refractivity contribution in [3.63, 3.8) is 0 Å². The minimum Gasteiger partial charge on any atom is -0.309 e. The molecule has 0 aliphatic heterocycles.